The molecule has 1 aliphatic heterocycles. The van der Waals surface area contributed by atoms with Gasteiger partial charge >= 0.3 is 6.29 Å². The Morgan fingerprint density at radius 3 is 2.52 bits per heavy atom. The number of pyridine rings is 1. The number of primary amides is 1. The zero-order valence-corrected chi connectivity index (χ0v) is 16.7. The van der Waals surface area contributed by atoms with Gasteiger partial charge in [-0.05, 0) is 31.2 Å². The highest BCUT2D eigenvalue weighted by molar-refractivity contribution is 7.18. The number of nitrogen functional groups attached to an aromatic ring is 1. The highest BCUT2D eigenvalue weighted by Gasteiger charge is 2.43. The maximum absolute atomic E-state index is 13.4. The number of nitrogens with two attached hydrogens (primary N) is 2. The summed E-state index contributed by atoms with van der Waals surface area (Å²) in [5.74, 6) is -1.51. The molecule has 4 rings (SSSR count). The number of halogens is 2. The molecule has 31 heavy (non-hydrogen) atoms. The highest BCUT2D eigenvalue weighted by atomic mass is 32.1. The number of hydrogen-bond acceptors (Lipinski definition) is 9. The number of alkyl halides is 2. The molecule has 2 aromatic heterocycles. The molecule has 0 saturated carbocycles. The van der Waals surface area contributed by atoms with Gasteiger partial charge in [-0.2, -0.15) is 0 Å². The van der Waals surface area contributed by atoms with Crippen LogP contribution >= 0.6 is 11.3 Å². The van der Waals surface area contributed by atoms with Crippen molar-refractivity contribution >= 4 is 39.7 Å². The van der Waals surface area contributed by atoms with Crippen LogP contribution in [0.1, 0.15) is 22.2 Å². The Labute approximate surface area is 178 Å². The SMILES string of the molecule is CC(C(N)=O)N(c1ccc2c(c1)OC(F)(F)O2)c1nc(N)c(C(=O)c2ccncc2)s1. The minimum absolute atomic E-state index is 0.0456. The molecule has 1 unspecified atom stereocenters. The van der Waals surface area contributed by atoms with E-state index in [1.165, 1.54) is 54.5 Å². The first-order chi connectivity index (χ1) is 14.7. The smallest absolute Gasteiger partial charge is 0.395 e. The monoisotopic (exact) mass is 447 g/mol. The van der Waals surface area contributed by atoms with Crippen molar-refractivity contribution in [2.24, 2.45) is 5.73 Å². The van der Waals surface area contributed by atoms with E-state index in [2.05, 4.69) is 19.4 Å². The first-order valence-electron chi connectivity index (χ1n) is 8.86. The van der Waals surface area contributed by atoms with Crippen molar-refractivity contribution in [1.82, 2.24) is 9.97 Å². The Hall–Kier alpha value is -3.80. The second-order valence-corrected chi connectivity index (χ2v) is 7.50. The van der Waals surface area contributed by atoms with Crippen LogP contribution in [0.25, 0.3) is 0 Å². The number of benzene rings is 1. The van der Waals surface area contributed by atoms with Crippen molar-refractivity contribution in [2.75, 3.05) is 10.6 Å². The third kappa shape index (κ3) is 3.84. The van der Waals surface area contributed by atoms with Crippen LogP contribution in [0.2, 0.25) is 0 Å². The van der Waals surface area contributed by atoms with Crippen LogP contribution in [-0.4, -0.2) is 34.0 Å². The average Bonchev–Trinajstić information content (AvgIpc) is 3.25. The Bertz CT molecular complexity index is 1170. The van der Waals surface area contributed by atoms with E-state index in [-0.39, 0.29) is 38.8 Å². The van der Waals surface area contributed by atoms with Gasteiger partial charge in [0.05, 0.1) is 0 Å². The lowest BCUT2D eigenvalue weighted by molar-refractivity contribution is -0.286. The molecule has 1 amide bonds. The molecule has 0 saturated heterocycles. The summed E-state index contributed by atoms with van der Waals surface area (Å²) >= 11 is 0.936. The average molecular weight is 447 g/mol. The molecule has 12 heteroatoms. The summed E-state index contributed by atoms with van der Waals surface area (Å²) in [6.45, 7) is 1.50. The van der Waals surface area contributed by atoms with Gasteiger partial charge < -0.3 is 25.8 Å². The van der Waals surface area contributed by atoms with Crippen LogP contribution in [0.3, 0.4) is 0 Å². The van der Waals surface area contributed by atoms with Crippen LogP contribution in [-0.2, 0) is 4.79 Å². The third-order valence-corrected chi connectivity index (χ3v) is 5.53. The van der Waals surface area contributed by atoms with Crippen molar-refractivity contribution in [1.29, 1.82) is 0 Å². The number of fused-ring (bicyclic) bond motifs is 1. The third-order valence-electron chi connectivity index (χ3n) is 4.46. The Morgan fingerprint density at radius 2 is 1.84 bits per heavy atom. The molecule has 9 nitrogen and oxygen atoms in total. The summed E-state index contributed by atoms with van der Waals surface area (Å²) in [6.07, 6.45) is -0.860. The summed E-state index contributed by atoms with van der Waals surface area (Å²) in [4.78, 5) is 34.4. The number of rotatable bonds is 6. The second-order valence-electron chi connectivity index (χ2n) is 6.52. The predicted octanol–water partition coefficient (Wildman–Crippen LogP) is 2.68. The highest BCUT2D eigenvalue weighted by Crippen LogP contribution is 2.45. The van der Waals surface area contributed by atoms with Crippen molar-refractivity contribution in [3.05, 3.63) is 53.2 Å². The van der Waals surface area contributed by atoms with Gasteiger partial charge in [0.15, 0.2) is 16.6 Å². The maximum Gasteiger partial charge on any atom is 0.586 e. The van der Waals surface area contributed by atoms with E-state index >= 15 is 0 Å². The summed E-state index contributed by atoms with van der Waals surface area (Å²) < 4.78 is 35.7. The quantitative estimate of drug-likeness (QED) is 0.551. The molecule has 4 N–H and O–H groups in total. The Balaban J connectivity index is 1.75. The van der Waals surface area contributed by atoms with Gasteiger partial charge in [-0.1, -0.05) is 11.3 Å². The number of thiazole rings is 1. The first-order valence-corrected chi connectivity index (χ1v) is 9.67. The molecule has 1 atom stereocenters. The molecule has 0 radical (unpaired) electrons. The molecular formula is C19H15F2N5O4S. The maximum atomic E-state index is 13.4. The Morgan fingerprint density at radius 1 is 1.16 bits per heavy atom. The van der Waals surface area contributed by atoms with Crippen LogP contribution in [0.5, 0.6) is 11.5 Å². The fourth-order valence-electron chi connectivity index (χ4n) is 2.93. The molecule has 160 valence electrons. The molecule has 0 aliphatic carbocycles. The number of carbonyl (C=O) groups excluding carboxylic acids is 2. The molecule has 0 spiro atoms. The molecule has 0 fully saturated rings. The lowest BCUT2D eigenvalue weighted by Crippen LogP contribution is -2.39. The minimum atomic E-state index is -3.79. The minimum Gasteiger partial charge on any atom is -0.395 e. The lowest BCUT2D eigenvalue weighted by Gasteiger charge is -2.26. The normalized spacial score (nSPS) is 14.8. The second kappa shape index (κ2) is 7.47. The molecular weight excluding hydrogens is 432 g/mol. The summed E-state index contributed by atoms with van der Waals surface area (Å²) in [5.41, 5.74) is 12.1. The standard InChI is InChI=1S/C19H15F2N5O4S/c1-9(17(23)28)26(11-2-3-12-13(8-11)30-19(20,21)29-12)18-25-16(22)15(31-18)14(27)10-4-6-24-7-5-10/h2-9H,22H2,1H3,(H2,23,28). The van der Waals surface area contributed by atoms with E-state index in [4.69, 9.17) is 11.5 Å². The van der Waals surface area contributed by atoms with Crippen molar-refractivity contribution in [2.45, 2.75) is 19.3 Å². The lowest BCUT2D eigenvalue weighted by atomic mass is 10.1. The molecule has 0 bridgehead atoms. The van der Waals surface area contributed by atoms with Gasteiger partial charge in [-0.3, -0.25) is 14.6 Å². The van der Waals surface area contributed by atoms with E-state index < -0.39 is 18.2 Å². The Kier molecular flexibility index (Phi) is 4.93. The number of aromatic nitrogens is 2. The van der Waals surface area contributed by atoms with Gasteiger partial charge in [0.2, 0.25) is 11.7 Å². The number of hydrogen-bond donors (Lipinski definition) is 2. The topological polar surface area (TPSA) is 134 Å². The number of ether oxygens (including phenoxy) is 2. The molecule has 3 aromatic rings. The first kappa shape index (κ1) is 20.5. The fourth-order valence-corrected chi connectivity index (χ4v) is 3.98. The zero-order chi connectivity index (χ0) is 22.3. The van der Waals surface area contributed by atoms with Crippen molar-refractivity contribution in [3.63, 3.8) is 0 Å². The van der Waals surface area contributed by atoms with Crippen LogP contribution < -0.4 is 25.8 Å². The van der Waals surface area contributed by atoms with Crippen molar-refractivity contribution in [3.8, 4) is 11.5 Å². The number of anilines is 3. The van der Waals surface area contributed by atoms with Gasteiger partial charge in [0, 0.05) is 29.7 Å². The summed E-state index contributed by atoms with van der Waals surface area (Å²) in [7, 11) is 0. The van der Waals surface area contributed by atoms with E-state index in [0.717, 1.165) is 11.3 Å². The van der Waals surface area contributed by atoms with E-state index in [9.17, 15) is 18.4 Å². The number of amides is 1. The van der Waals surface area contributed by atoms with Gasteiger partial charge in [0.25, 0.3) is 0 Å². The van der Waals surface area contributed by atoms with Gasteiger partial charge in [-0.25, -0.2) is 4.98 Å². The van der Waals surface area contributed by atoms with Gasteiger partial charge in [0.1, 0.15) is 16.7 Å². The van der Waals surface area contributed by atoms with Crippen molar-refractivity contribution < 1.29 is 27.8 Å². The fraction of sp³-hybridized carbons (Fsp3) is 0.158. The van der Waals surface area contributed by atoms with Crippen LogP contribution in [0.4, 0.5) is 25.4 Å². The van der Waals surface area contributed by atoms with Crippen LogP contribution in [0.15, 0.2) is 42.7 Å². The van der Waals surface area contributed by atoms with E-state index in [0.29, 0.717) is 5.56 Å². The number of nitrogens with zero attached hydrogens (tertiary/aromatic N) is 3. The number of carbonyl (C=O) groups is 2. The summed E-state index contributed by atoms with van der Waals surface area (Å²) in [5, 5.41) is 0.173. The zero-order valence-electron chi connectivity index (χ0n) is 15.9. The summed E-state index contributed by atoms with van der Waals surface area (Å²) in [6, 6.07) is 6.08. The molecule has 3 heterocycles. The van der Waals surface area contributed by atoms with E-state index in [1.807, 2.05) is 0 Å². The van der Waals surface area contributed by atoms with Crippen LogP contribution in [0, 0.1) is 0 Å². The number of ketones is 1. The predicted molar refractivity (Wildman–Crippen MR) is 108 cm³/mol. The molecule has 1 aliphatic rings. The van der Waals surface area contributed by atoms with Gasteiger partial charge in [-0.15, -0.1) is 8.78 Å². The molecule has 1 aromatic carbocycles. The van der Waals surface area contributed by atoms with E-state index in [1.54, 1.807) is 0 Å². The largest absolute Gasteiger partial charge is 0.586 e.